The number of hydrogen-bond acceptors (Lipinski definition) is 11. The highest BCUT2D eigenvalue weighted by atomic mass is 32.2. The summed E-state index contributed by atoms with van der Waals surface area (Å²) in [4.78, 5) is 11.1. The summed E-state index contributed by atoms with van der Waals surface area (Å²) >= 11 is 0. The number of benzene rings is 4. The van der Waals surface area contributed by atoms with Gasteiger partial charge in [0, 0.05) is 32.4 Å². The van der Waals surface area contributed by atoms with E-state index in [9.17, 15) is 26.9 Å². The standard InChI is InChI=1S/C17H19N3O5S.C17H21N3O3S/c21-20(22)17-11-13(19-26(23,24)15-6-2-1-3-7-15)8-9-16(17)18-12-14-5-4-10-25-14;18-16-11-13(20-24(21,22)15-6-2-1-3-7-15)8-9-17(16)19-12-14-5-4-10-23-14/h1-3,6-9,11,14,18-19H,4-5,10,12H2;1-3,6-9,11,14,19-20H,4-5,10,12,18H2. The number of sulfonamides is 2. The van der Waals surface area contributed by atoms with Gasteiger partial charge >= 0.3 is 0 Å². The molecule has 2 aliphatic heterocycles. The first-order chi connectivity index (χ1) is 24.0. The quantitative estimate of drug-likeness (QED) is 0.0648. The second kappa shape index (κ2) is 16.7. The van der Waals surface area contributed by atoms with Gasteiger partial charge in [0.2, 0.25) is 0 Å². The third kappa shape index (κ3) is 10.1. The molecular weight excluding hydrogens is 685 g/mol. The summed E-state index contributed by atoms with van der Waals surface area (Å²) in [7, 11) is -7.42. The molecule has 0 radical (unpaired) electrons. The van der Waals surface area contributed by atoms with Crippen molar-refractivity contribution in [1.29, 1.82) is 0 Å². The third-order valence-corrected chi connectivity index (χ3v) is 10.7. The smallest absolute Gasteiger partial charge is 0.294 e. The lowest BCUT2D eigenvalue weighted by Gasteiger charge is -2.15. The Morgan fingerprint density at radius 2 is 1.14 bits per heavy atom. The van der Waals surface area contributed by atoms with E-state index in [1.807, 2.05) is 0 Å². The summed E-state index contributed by atoms with van der Waals surface area (Å²) in [5.74, 6) is 0. The third-order valence-electron chi connectivity index (χ3n) is 7.95. The van der Waals surface area contributed by atoms with Gasteiger partial charge in [0.25, 0.3) is 25.7 Å². The number of nitrogens with zero attached hydrogens (tertiary/aromatic N) is 1. The summed E-state index contributed by atoms with van der Waals surface area (Å²) in [6.45, 7) is 2.67. The number of nitrogen functional groups attached to an aromatic ring is 1. The summed E-state index contributed by atoms with van der Waals surface area (Å²) < 4.78 is 65.3. The van der Waals surface area contributed by atoms with E-state index in [0.717, 1.165) is 38.0 Å². The molecule has 50 heavy (non-hydrogen) atoms. The number of nitro benzene ring substituents is 1. The molecule has 2 atom stereocenters. The van der Waals surface area contributed by atoms with E-state index in [-0.39, 0.29) is 33.4 Å². The average molecular weight is 725 g/mol. The molecule has 2 unspecified atom stereocenters. The Morgan fingerprint density at radius 3 is 1.58 bits per heavy atom. The minimum Gasteiger partial charge on any atom is -0.397 e. The SMILES string of the molecule is Nc1cc(NS(=O)(=O)c2ccccc2)ccc1NCC1CCCO1.O=[N+]([O-])c1cc(NS(=O)(=O)c2ccccc2)ccc1NCC1CCCO1. The fourth-order valence-corrected chi connectivity index (χ4v) is 7.51. The zero-order valence-electron chi connectivity index (χ0n) is 27.2. The van der Waals surface area contributed by atoms with Crippen LogP contribution in [-0.2, 0) is 29.5 Å². The Kier molecular flexibility index (Phi) is 12.1. The Hall–Kier alpha value is -4.90. The van der Waals surface area contributed by atoms with Crippen LogP contribution >= 0.6 is 0 Å². The number of nitrogens with one attached hydrogen (secondary N) is 4. The summed E-state index contributed by atoms with van der Waals surface area (Å²) in [5, 5.41) is 17.6. The van der Waals surface area contributed by atoms with Gasteiger partial charge in [-0.15, -0.1) is 0 Å². The van der Waals surface area contributed by atoms with E-state index in [4.69, 9.17) is 15.2 Å². The second-order valence-corrected chi connectivity index (χ2v) is 15.0. The molecule has 16 heteroatoms. The molecule has 2 aliphatic rings. The maximum Gasteiger partial charge on any atom is 0.294 e. The number of ether oxygens (including phenoxy) is 2. The normalized spacial score (nSPS) is 17.3. The Labute approximate surface area is 291 Å². The molecule has 2 heterocycles. The Balaban J connectivity index is 0.000000195. The highest BCUT2D eigenvalue weighted by Gasteiger charge is 2.21. The number of nitro groups is 1. The molecule has 14 nitrogen and oxygen atoms in total. The molecule has 6 N–H and O–H groups in total. The highest BCUT2D eigenvalue weighted by molar-refractivity contribution is 7.93. The lowest BCUT2D eigenvalue weighted by molar-refractivity contribution is -0.383. The first kappa shape index (κ1) is 36.4. The van der Waals surface area contributed by atoms with Gasteiger partial charge in [-0.2, -0.15) is 0 Å². The maximum atomic E-state index is 12.4. The van der Waals surface area contributed by atoms with Crippen LogP contribution in [-0.4, -0.2) is 60.3 Å². The van der Waals surface area contributed by atoms with Crippen LogP contribution in [0.3, 0.4) is 0 Å². The van der Waals surface area contributed by atoms with E-state index in [2.05, 4.69) is 20.1 Å². The lowest BCUT2D eigenvalue weighted by atomic mass is 10.2. The zero-order chi connectivity index (χ0) is 35.6. The van der Waals surface area contributed by atoms with Crippen LogP contribution in [0.15, 0.2) is 107 Å². The molecule has 4 aromatic carbocycles. The highest BCUT2D eigenvalue weighted by Crippen LogP contribution is 2.30. The molecule has 0 bridgehead atoms. The summed E-state index contributed by atoms with van der Waals surface area (Å²) in [6, 6.07) is 25.3. The van der Waals surface area contributed by atoms with Gasteiger partial charge in [-0.1, -0.05) is 36.4 Å². The molecule has 2 saturated heterocycles. The van der Waals surface area contributed by atoms with Crippen molar-refractivity contribution < 1.29 is 31.2 Å². The van der Waals surface area contributed by atoms with Gasteiger partial charge in [0.05, 0.1) is 49.7 Å². The molecule has 0 aromatic heterocycles. The monoisotopic (exact) mass is 724 g/mol. The van der Waals surface area contributed by atoms with Crippen LogP contribution in [0, 0.1) is 10.1 Å². The van der Waals surface area contributed by atoms with Crippen molar-refractivity contribution in [3.63, 3.8) is 0 Å². The first-order valence-corrected chi connectivity index (χ1v) is 19.0. The number of rotatable bonds is 13. The van der Waals surface area contributed by atoms with Gasteiger partial charge in [0.15, 0.2) is 0 Å². The second-order valence-electron chi connectivity index (χ2n) is 11.7. The van der Waals surface area contributed by atoms with Gasteiger partial charge in [-0.3, -0.25) is 19.6 Å². The van der Waals surface area contributed by atoms with Crippen molar-refractivity contribution in [1.82, 2.24) is 0 Å². The minimum absolute atomic E-state index is 0.0332. The predicted molar refractivity (Wildman–Crippen MR) is 193 cm³/mol. The van der Waals surface area contributed by atoms with Gasteiger partial charge in [-0.25, -0.2) is 16.8 Å². The van der Waals surface area contributed by atoms with Gasteiger partial charge < -0.3 is 25.8 Å². The van der Waals surface area contributed by atoms with Crippen LogP contribution < -0.4 is 25.8 Å². The van der Waals surface area contributed by atoms with Crippen molar-refractivity contribution in [3.05, 3.63) is 107 Å². The van der Waals surface area contributed by atoms with Crippen LogP contribution in [0.2, 0.25) is 0 Å². The number of nitrogens with two attached hydrogens (primary N) is 1. The van der Waals surface area contributed by atoms with Crippen molar-refractivity contribution >= 4 is 54.2 Å². The Bertz CT molecular complexity index is 1950. The maximum absolute atomic E-state index is 12.4. The predicted octanol–water partition coefficient (Wildman–Crippen LogP) is 5.65. The van der Waals surface area contributed by atoms with Crippen LogP contribution in [0.4, 0.5) is 34.1 Å². The van der Waals surface area contributed by atoms with Crippen LogP contribution in [0.1, 0.15) is 25.7 Å². The molecule has 0 aliphatic carbocycles. The molecule has 0 spiro atoms. The summed E-state index contributed by atoms with van der Waals surface area (Å²) in [6.07, 6.45) is 4.26. The average Bonchev–Trinajstić information content (AvgIpc) is 3.83. The number of hydrogen-bond donors (Lipinski definition) is 5. The number of anilines is 5. The molecule has 6 rings (SSSR count). The molecule has 2 fully saturated rings. The van der Waals surface area contributed by atoms with Gasteiger partial charge in [0.1, 0.15) is 5.69 Å². The van der Waals surface area contributed by atoms with Crippen molar-refractivity contribution in [2.45, 2.75) is 47.7 Å². The van der Waals surface area contributed by atoms with Crippen LogP contribution in [0.5, 0.6) is 0 Å². The van der Waals surface area contributed by atoms with E-state index >= 15 is 0 Å². The molecule has 266 valence electrons. The van der Waals surface area contributed by atoms with E-state index in [1.54, 1.807) is 66.7 Å². The fraction of sp³-hybridized carbons (Fsp3) is 0.294. The summed E-state index contributed by atoms with van der Waals surface area (Å²) in [5.41, 5.74) is 7.97. The van der Waals surface area contributed by atoms with Gasteiger partial charge in [-0.05, 0) is 80.3 Å². The zero-order valence-corrected chi connectivity index (χ0v) is 28.8. The molecule has 0 amide bonds. The molecule has 0 saturated carbocycles. The van der Waals surface area contributed by atoms with Crippen molar-refractivity contribution in [3.8, 4) is 0 Å². The van der Waals surface area contributed by atoms with E-state index < -0.39 is 25.0 Å². The minimum atomic E-state index is -3.81. The van der Waals surface area contributed by atoms with E-state index in [1.165, 1.54) is 30.3 Å². The fourth-order valence-electron chi connectivity index (χ4n) is 5.37. The molecular formula is C34H40N6O8S2. The topological polar surface area (TPSA) is 204 Å². The largest absolute Gasteiger partial charge is 0.397 e. The lowest BCUT2D eigenvalue weighted by Crippen LogP contribution is -2.19. The van der Waals surface area contributed by atoms with Crippen LogP contribution in [0.25, 0.3) is 0 Å². The Morgan fingerprint density at radius 1 is 0.680 bits per heavy atom. The van der Waals surface area contributed by atoms with Crippen molar-refractivity contribution in [2.75, 3.05) is 52.1 Å². The van der Waals surface area contributed by atoms with E-state index in [0.29, 0.717) is 36.8 Å². The first-order valence-electron chi connectivity index (χ1n) is 16.0. The molecule has 4 aromatic rings. The van der Waals surface area contributed by atoms with Crippen molar-refractivity contribution in [2.24, 2.45) is 0 Å².